The number of carbonyl (C=O) groups is 4. The molecular weight excluding hydrogens is 536 g/mol. The lowest BCUT2D eigenvalue weighted by Crippen LogP contribution is -2.57. The molecule has 0 spiro atoms. The summed E-state index contributed by atoms with van der Waals surface area (Å²) in [6, 6.07) is 16.9. The van der Waals surface area contributed by atoms with Crippen molar-refractivity contribution < 1.29 is 29.0 Å². The van der Waals surface area contributed by atoms with Gasteiger partial charge in [0.25, 0.3) is 5.91 Å². The molecule has 0 aliphatic heterocycles. The smallest absolute Gasteiger partial charge is 0.408 e. The number of phenolic OH excluding ortho intramolecular Hbond substituents is 1. The molecule has 42 heavy (non-hydrogen) atoms. The molecule has 3 aromatic carbocycles. The Morgan fingerprint density at radius 3 is 2.33 bits per heavy atom. The van der Waals surface area contributed by atoms with Crippen molar-refractivity contribution in [1.29, 1.82) is 0 Å². The molecule has 0 bridgehead atoms. The van der Waals surface area contributed by atoms with E-state index in [1.807, 2.05) is 36.4 Å². The van der Waals surface area contributed by atoms with E-state index in [0.29, 0.717) is 24.1 Å². The molecule has 1 aliphatic carbocycles. The zero-order valence-electron chi connectivity index (χ0n) is 24.1. The van der Waals surface area contributed by atoms with Gasteiger partial charge in [-0.15, -0.1) is 0 Å². The van der Waals surface area contributed by atoms with E-state index in [4.69, 9.17) is 10.5 Å². The van der Waals surface area contributed by atoms with Crippen molar-refractivity contribution in [2.75, 3.05) is 5.32 Å². The monoisotopic (exact) mass is 574 g/mol. The fraction of sp³-hybridized carbons (Fsp3) is 0.375. The van der Waals surface area contributed by atoms with Crippen LogP contribution in [-0.2, 0) is 19.1 Å². The number of carbonyl (C=O) groups excluding carboxylic acids is 4. The largest absolute Gasteiger partial charge is 0.508 e. The summed E-state index contributed by atoms with van der Waals surface area (Å²) in [5.41, 5.74) is 5.51. The standard InChI is InChI=1S/C32H38N4O6/c1-32(2,3)42-31(41)35-26(16-17-27(33)38)30(40)36(24-11-7-12-24)28(22-10-6-13-25(37)19-22)29(39)34-23-15-14-20-8-4-5-9-21(20)18-23/h4-6,8-10,13-15,18-19,24,26,28,37H,7,11-12,16-17H2,1-3H3,(H2,33,38)(H,34,39)(H,35,41). The zero-order valence-corrected chi connectivity index (χ0v) is 24.1. The molecule has 0 aromatic heterocycles. The molecule has 0 saturated heterocycles. The van der Waals surface area contributed by atoms with Gasteiger partial charge in [-0.05, 0) is 87.1 Å². The van der Waals surface area contributed by atoms with Gasteiger partial charge in [0.15, 0.2) is 0 Å². The van der Waals surface area contributed by atoms with Gasteiger partial charge in [0, 0.05) is 18.2 Å². The number of anilines is 1. The molecule has 0 heterocycles. The number of nitrogens with zero attached hydrogens (tertiary/aromatic N) is 1. The van der Waals surface area contributed by atoms with Gasteiger partial charge in [-0.2, -0.15) is 0 Å². The first-order valence-electron chi connectivity index (χ1n) is 14.1. The van der Waals surface area contributed by atoms with E-state index in [1.165, 1.54) is 17.0 Å². The number of nitrogens with two attached hydrogens (primary N) is 1. The van der Waals surface area contributed by atoms with Crippen molar-refractivity contribution in [3.8, 4) is 5.75 Å². The van der Waals surface area contributed by atoms with Crippen molar-refractivity contribution in [2.24, 2.45) is 5.73 Å². The van der Waals surface area contributed by atoms with Gasteiger partial charge in [-0.25, -0.2) is 4.79 Å². The number of aromatic hydroxyl groups is 1. The predicted molar refractivity (Wildman–Crippen MR) is 159 cm³/mol. The van der Waals surface area contributed by atoms with Gasteiger partial charge in [-0.1, -0.05) is 42.5 Å². The third kappa shape index (κ3) is 7.78. The summed E-state index contributed by atoms with van der Waals surface area (Å²) < 4.78 is 5.38. The van der Waals surface area contributed by atoms with Crippen molar-refractivity contribution in [3.63, 3.8) is 0 Å². The summed E-state index contributed by atoms with van der Waals surface area (Å²) in [5.74, 6) is -1.72. The lowest BCUT2D eigenvalue weighted by Gasteiger charge is -2.43. The fourth-order valence-electron chi connectivity index (χ4n) is 4.97. The molecule has 4 rings (SSSR count). The van der Waals surface area contributed by atoms with Crippen LogP contribution in [-0.4, -0.2) is 51.5 Å². The number of rotatable bonds is 10. The molecule has 5 N–H and O–H groups in total. The zero-order chi connectivity index (χ0) is 30.4. The Kier molecular flexibility index (Phi) is 9.35. The Labute approximate surface area is 245 Å². The Morgan fingerprint density at radius 1 is 1.00 bits per heavy atom. The summed E-state index contributed by atoms with van der Waals surface area (Å²) in [5, 5.41) is 17.8. The second-order valence-corrected chi connectivity index (χ2v) is 11.6. The maximum absolute atomic E-state index is 14.3. The number of alkyl carbamates (subject to hydrolysis) is 1. The molecule has 2 atom stereocenters. The summed E-state index contributed by atoms with van der Waals surface area (Å²) in [7, 11) is 0. The average molecular weight is 575 g/mol. The minimum atomic E-state index is -1.18. The molecule has 1 fully saturated rings. The SMILES string of the molecule is CC(C)(C)OC(=O)NC(CCC(N)=O)C(=O)N(C1CCC1)C(C(=O)Nc1ccc2ccccc2c1)c1cccc(O)c1. The average Bonchev–Trinajstić information content (AvgIpc) is 2.88. The van der Waals surface area contributed by atoms with Crippen LogP contribution in [0.25, 0.3) is 10.8 Å². The van der Waals surface area contributed by atoms with Crippen molar-refractivity contribution in [3.05, 3.63) is 72.3 Å². The van der Waals surface area contributed by atoms with E-state index in [0.717, 1.165) is 17.2 Å². The van der Waals surface area contributed by atoms with E-state index in [1.54, 1.807) is 39.0 Å². The minimum absolute atomic E-state index is 0.0610. The summed E-state index contributed by atoms with van der Waals surface area (Å²) in [4.78, 5) is 54.2. The first-order chi connectivity index (χ1) is 19.9. The fourth-order valence-corrected chi connectivity index (χ4v) is 4.97. The topological polar surface area (TPSA) is 151 Å². The lowest BCUT2D eigenvalue weighted by molar-refractivity contribution is -0.146. The van der Waals surface area contributed by atoms with E-state index < -0.39 is 41.5 Å². The van der Waals surface area contributed by atoms with Crippen LogP contribution in [0.1, 0.15) is 64.5 Å². The highest BCUT2D eigenvalue weighted by Gasteiger charge is 2.42. The molecule has 10 heteroatoms. The number of benzene rings is 3. The van der Waals surface area contributed by atoms with Crippen LogP contribution in [0, 0.1) is 0 Å². The molecular formula is C32H38N4O6. The number of nitrogens with one attached hydrogen (secondary N) is 2. The maximum Gasteiger partial charge on any atom is 0.408 e. The second-order valence-electron chi connectivity index (χ2n) is 11.6. The Bertz CT molecular complexity index is 1460. The number of phenols is 1. The van der Waals surface area contributed by atoms with Crippen molar-refractivity contribution >= 4 is 40.3 Å². The van der Waals surface area contributed by atoms with Gasteiger partial charge < -0.3 is 31.1 Å². The Morgan fingerprint density at radius 2 is 1.71 bits per heavy atom. The van der Waals surface area contributed by atoms with Crippen LogP contribution in [0.2, 0.25) is 0 Å². The number of amides is 4. The Hall–Kier alpha value is -4.60. The van der Waals surface area contributed by atoms with Crippen LogP contribution in [0.3, 0.4) is 0 Å². The third-order valence-corrected chi connectivity index (χ3v) is 7.12. The molecule has 10 nitrogen and oxygen atoms in total. The number of hydrogen-bond donors (Lipinski definition) is 4. The van der Waals surface area contributed by atoms with E-state index in [2.05, 4.69) is 10.6 Å². The first-order valence-corrected chi connectivity index (χ1v) is 14.1. The van der Waals surface area contributed by atoms with Crippen LogP contribution < -0.4 is 16.4 Å². The summed E-state index contributed by atoms with van der Waals surface area (Å²) in [6.45, 7) is 5.09. The molecule has 2 unspecified atom stereocenters. The highest BCUT2D eigenvalue weighted by Crippen LogP contribution is 2.35. The van der Waals surface area contributed by atoms with Gasteiger partial charge in [-0.3, -0.25) is 14.4 Å². The lowest BCUT2D eigenvalue weighted by atomic mass is 9.87. The normalized spacial score (nSPS) is 14.7. The number of ether oxygens (including phenoxy) is 1. The molecule has 1 aliphatic rings. The minimum Gasteiger partial charge on any atom is -0.508 e. The summed E-state index contributed by atoms with van der Waals surface area (Å²) >= 11 is 0. The maximum atomic E-state index is 14.3. The molecule has 3 aromatic rings. The van der Waals surface area contributed by atoms with Crippen molar-refractivity contribution in [2.45, 2.75) is 76.6 Å². The van der Waals surface area contributed by atoms with E-state index in [9.17, 15) is 24.3 Å². The van der Waals surface area contributed by atoms with Crippen molar-refractivity contribution in [1.82, 2.24) is 10.2 Å². The van der Waals surface area contributed by atoms with Crippen LogP contribution in [0.15, 0.2) is 66.7 Å². The molecule has 222 valence electrons. The number of hydrogen-bond acceptors (Lipinski definition) is 6. The highest BCUT2D eigenvalue weighted by molar-refractivity contribution is 6.00. The van der Waals surface area contributed by atoms with Gasteiger partial charge >= 0.3 is 6.09 Å². The van der Waals surface area contributed by atoms with Gasteiger partial charge in [0.2, 0.25) is 11.8 Å². The molecule has 0 radical (unpaired) electrons. The van der Waals surface area contributed by atoms with E-state index >= 15 is 0 Å². The second kappa shape index (κ2) is 12.9. The number of primary amides is 1. The highest BCUT2D eigenvalue weighted by atomic mass is 16.6. The van der Waals surface area contributed by atoms with E-state index in [-0.39, 0.29) is 24.6 Å². The Balaban J connectivity index is 1.71. The van der Waals surface area contributed by atoms with Gasteiger partial charge in [0.05, 0.1) is 0 Å². The van der Waals surface area contributed by atoms with Crippen LogP contribution in [0.5, 0.6) is 5.75 Å². The number of fused-ring (bicyclic) bond motifs is 1. The predicted octanol–water partition coefficient (Wildman–Crippen LogP) is 4.77. The summed E-state index contributed by atoms with van der Waals surface area (Å²) in [6.07, 6.45) is 1.10. The van der Waals surface area contributed by atoms with Crippen LogP contribution >= 0.6 is 0 Å². The quantitative estimate of drug-likeness (QED) is 0.274. The first kappa shape index (κ1) is 30.4. The van der Waals surface area contributed by atoms with Gasteiger partial charge in [0.1, 0.15) is 23.4 Å². The molecule has 4 amide bonds. The van der Waals surface area contributed by atoms with Crippen LogP contribution in [0.4, 0.5) is 10.5 Å². The molecule has 1 saturated carbocycles. The third-order valence-electron chi connectivity index (χ3n) is 7.12.